The lowest BCUT2D eigenvalue weighted by Crippen LogP contribution is -2.67. The Hall–Kier alpha value is -2.87. The van der Waals surface area contributed by atoms with Gasteiger partial charge in [-0.15, -0.1) is 11.8 Å². The van der Waals surface area contributed by atoms with Gasteiger partial charge in [0.1, 0.15) is 18.8 Å². The predicted octanol–water partition coefficient (Wildman–Crippen LogP) is -0.218. The summed E-state index contributed by atoms with van der Waals surface area (Å²) in [5, 5.41) is 12.4. The van der Waals surface area contributed by atoms with Crippen LogP contribution in [0.3, 0.4) is 0 Å². The van der Waals surface area contributed by atoms with Crippen LogP contribution in [-0.2, 0) is 52.5 Å². The first-order valence-corrected chi connectivity index (χ1v) is 11.3. The molecule has 14 heteroatoms. The maximum atomic E-state index is 12.2. The Morgan fingerprint density at radius 2 is 1.59 bits per heavy atom. The number of esters is 4. The Morgan fingerprint density at radius 3 is 2.00 bits per heavy atom. The smallest absolute Gasteiger partial charge is 0.346 e. The van der Waals surface area contributed by atoms with Crippen LogP contribution in [0.5, 0.6) is 0 Å². The average Bonchev–Trinajstić information content (AvgIpc) is 2.69. The monoisotopic (exact) mass is 507 g/mol. The minimum Gasteiger partial charge on any atom is -0.478 e. The third kappa shape index (κ3) is 8.17. The third-order valence-electron chi connectivity index (χ3n) is 4.65. The number of carboxylic acids is 1. The number of nitrogens with one attached hydrogen (secondary N) is 1. The molecule has 0 spiro atoms. The molecule has 0 saturated carbocycles. The number of ether oxygens (including phenoxy) is 5. The number of hydrogen-bond acceptors (Lipinski definition) is 12. The van der Waals surface area contributed by atoms with E-state index in [0.29, 0.717) is 0 Å². The van der Waals surface area contributed by atoms with E-state index in [2.05, 4.69) is 5.32 Å². The highest BCUT2D eigenvalue weighted by molar-refractivity contribution is 8.00. The topological polar surface area (TPSA) is 181 Å². The molecule has 1 saturated heterocycles. The van der Waals surface area contributed by atoms with E-state index in [1.54, 1.807) is 0 Å². The average molecular weight is 508 g/mol. The predicted molar refractivity (Wildman–Crippen MR) is 114 cm³/mol. The molecule has 192 valence electrons. The van der Waals surface area contributed by atoms with Crippen molar-refractivity contribution in [2.45, 2.75) is 76.4 Å². The number of aliphatic carboxylic acids is 1. The second-order valence-electron chi connectivity index (χ2n) is 7.45. The largest absolute Gasteiger partial charge is 0.478 e. The molecule has 1 unspecified atom stereocenters. The SMILES string of the molecule is CSC1(C(=O)O)C[C@H](OC(C)=O)[C@@H](NC(C)=O)[C@H]([C@H](OC(C)=O)[C@@H](COC(C)=O)OC(C)=O)O1. The Labute approximate surface area is 200 Å². The van der Waals surface area contributed by atoms with Gasteiger partial charge < -0.3 is 34.1 Å². The summed E-state index contributed by atoms with van der Waals surface area (Å²) in [6.07, 6.45) is -4.67. The molecular weight excluding hydrogens is 478 g/mol. The third-order valence-corrected chi connectivity index (χ3v) is 5.75. The molecular formula is C20H29NO12S. The molecule has 1 amide bonds. The van der Waals surface area contributed by atoms with E-state index in [9.17, 15) is 33.9 Å². The number of carbonyl (C=O) groups is 6. The summed E-state index contributed by atoms with van der Waals surface area (Å²) in [7, 11) is 0. The van der Waals surface area contributed by atoms with Crippen LogP contribution in [0.25, 0.3) is 0 Å². The van der Waals surface area contributed by atoms with Gasteiger partial charge in [-0.1, -0.05) is 0 Å². The van der Waals surface area contributed by atoms with E-state index in [1.165, 1.54) is 13.2 Å². The Morgan fingerprint density at radius 1 is 1.00 bits per heavy atom. The van der Waals surface area contributed by atoms with Gasteiger partial charge in [0.05, 0.1) is 6.04 Å². The van der Waals surface area contributed by atoms with Crippen molar-refractivity contribution >= 4 is 47.5 Å². The molecule has 0 aromatic rings. The molecule has 0 aromatic carbocycles. The Kier molecular flexibility index (Phi) is 10.8. The van der Waals surface area contributed by atoms with Gasteiger partial charge in [0.25, 0.3) is 0 Å². The molecule has 0 aromatic heterocycles. The summed E-state index contributed by atoms with van der Waals surface area (Å²) in [6.45, 7) is 4.90. The fourth-order valence-electron chi connectivity index (χ4n) is 3.47. The van der Waals surface area contributed by atoms with Crippen LogP contribution < -0.4 is 5.32 Å². The Bertz CT molecular complexity index is 817. The molecule has 1 aliphatic heterocycles. The molecule has 1 fully saturated rings. The molecule has 6 atom stereocenters. The summed E-state index contributed by atoms with van der Waals surface area (Å²) in [5.41, 5.74) is 0. The first-order valence-electron chi connectivity index (χ1n) is 10.1. The minimum absolute atomic E-state index is 0.362. The van der Waals surface area contributed by atoms with Crippen molar-refractivity contribution in [3.8, 4) is 0 Å². The highest BCUT2D eigenvalue weighted by Crippen LogP contribution is 2.41. The van der Waals surface area contributed by atoms with E-state index < -0.39 is 77.8 Å². The number of hydrogen-bond donors (Lipinski definition) is 2. The molecule has 2 N–H and O–H groups in total. The van der Waals surface area contributed by atoms with Crippen molar-refractivity contribution in [1.82, 2.24) is 5.32 Å². The van der Waals surface area contributed by atoms with E-state index >= 15 is 0 Å². The second-order valence-corrected chi connectivity index (χ2v) is 8.52. The standard InChI is InChI=1S/C20H29NO12S/c1-9(22)21-16-14(30-11(3)24)7-20(34-6,19(27)28)33-18(16)17(32-13(5)26)15(31-12(4)25)8-29-10(2)23/h14-18H,7-8H2,1-6H3,(H,21,22)(H,27,28)/t14-,15+,16+,17+,18+,20?/m0/s1. The lowest BCUT2D eigenvalue weighted by atomic mass is 9.89. The summed E-state index contributed by atoms with van der Waals surface area (Å²) >= 11 is 0.778. The molecule has 13 nitrogen and oxygen atoms in total. The van der Waals surface area contributed by atoms with Crippen LogP contribution in [0.2, 0.25) is 0 Å². The fourth-order valence-corrected chi connectivity index (χ4v) is 4.18. The zero-order valence-corrected chi connectivity index (χ0v) is 20.5. The maximum Gasteiger partial charge on any atom is 0.346 e. The van der Waals surface area contributed by atoms with Gasteiger partial charge in [-0.25, -0.2) is 4.79 Å². The first-order chi connectivity index (χ1) is 15.7. The van der Waals surface area contributed by atoms with Crippen LogP contribution in [0.4, 0.5) is 0 Å². The first kappa shape index (κ1) is 29.2. The van der Waals surface area contributed by atoms with E-state index in [0.717, 1.165) is 39.5 Å². The minimum atomic E-state index is -1.99. The van der Waals surface area contributed by atoms with Gasteiger partial charge >= 0.3 is 29.8 Å². The van der Waals surface area contributed by atoms with Crippen LogP contribution in [0, 0.1) is 0 Å². The maximum absolute atomic E-state index is 12.2. The van der Waals surface area contributed by atoms with E-state index in [1.807, 2.05) is 0 Å². The zero-order valence-electron chi connectivity index (χ0n) is 19.6. The van der Waals surface area contributed by atoms with Gasteiger partial charge in [-0.3, -0.25) is 24.0 Å². The number of carbonyl (C=O) groups excluding carboxylic acids is 5. The number of rotatable bonds is 10. The molecule has 1 heterocycles. The van der Waals surface area contributed by atoms with Crippen molar-refractivity contribution in [1.29, 1.82) is 0 Å². The fraction of sp³-hybridized carbons (Fsp3) is 0.700. The Balaban J connectivity index is 3.67. The molecule has 0 bridgehead atoms. The molecule has 34 heavy (non-hydrogen) atoms. The van der Waals surface area contributed by atoms with Gasteiger partial charge in [0, 0.05) is 41.0 Å². The summed E-state index contributed by atoms with van der Waals surface area (Å²) in [5.74, 6) is -5.20. The van der Waals surface area contributed by atoms with Crippen molar-refractivity contribution in [3.63, 3.8) is 0 Å². The quantitative estimate of drug-likeness (QED) is 0.293. The lowest BCUT2D eigenvalue weighted by molar-refractivity contribution is -0.223. The van der Waals surface area contributed by atoms with Crippen LogP contribution >= 0.6 is 11.8 Å². The number of carboxylic acid groups (broad SMARTS) is 1. The summed E-state index contributed by atoms with van der Waals surface area (Å²) in [6, 6.07) is -1.22. The highest BCUT2D eigenvalue weighted by atomic mass is 32.2. The zero-order chi connectivity index (χ0) is 26.2. The highest BCUT2D eigenvalue weighted by Gasteiger charge is 2.57. The van der Waals surface area contributed by atoms with Crippen molar-refractivity contribution < 1.29 is 57.6 Å². The second kappa shape index (κ2) is 12.6. The normalized spacial score (nSPS) is 25.8. The van der Waals surface area contributed by atoms with E-state index in [4.69, 9.17) is 23.7 Å². The van der Waals surface area contributed by atoms with Crippen LogP contribution in [0.15, 0.2) is 0 Å². The van der Waals surface area contributed by atoms with Gasteiger partial charge in [-0.2, -0.15) is 0 Å². The molecule has 0 aliphatic carbocycles. The van der Waals surface area contributed by atoms with E-state index in [-0.39, 0.29) is 6.42 Å². The molecule has 1 aliphatic rings. The van der Waals surface area contributed by atoms with Crippen LogP contribution in [0.1, 0.15) is 41.0 Å². The van der Waals surface area contributed by atoms with Crippen molar-refractivity contribution in [2.24, 2.45) is 0 Å². The van der Waals surface area contributed by atoms with Gasteiger partial charge in [0.15, 0.2) is 12.2 Å². The summed E-state index contributed by atoms with van der Waals surface area (Å²) < 4.78 is 26.7. The lowest BCUT2D eigenvalue weighted by Gasteiger charge is -2.48. The van der Waals surface area contributed by atoms with Gasteiger partial charge in [0.2, 0.25) is 10.8 Å². The van der Waals surface area contributed by atoms with Crippen molar-refractivity contribution in [3.05, 3.63) is 0 Å². The molecule has 1 rings (SSSR count). The number of thioether (sulfide) groups is 1. The summed E-state index contributed by atoms with van der Waals surface area (Å²) in [4.78, 5) is 69.0. The van der Waals surface area contributed by atoms with Crippen LogP contribution in [-0.4, -0.2) is 89.1 Å². The molecule has 0 radical (unpaired) electrons. The van der Waals surface area contributed by atoms with Gasteiger partial charge in [-0.05, 0) is 6.26 Å². The van der Waals surface area contributed by atoms with Crippen molar-refractivity contribution in [2.75, 3.05) is 12.9 Å². The number of amides is 1.